The summed E-state index contributed by atoms with van der Waals surface area (Å²) in [6, 6.07) is 94.8. The first-order valence-electron chi connectivity index (χ1n) is 25.7. The van der Waals surface area contributed by atoms with E-state index >= 15 is 0 Å². The minimum atomic E-state index is -0.530. The van der Waals surface area contributed by atoms with E-state index in [-0.39, 0.29) is 0 Å². The van der Waals surface area contributed by atoms with Crippen molar-refractivity contribution in [3.63, 3.8) is 0 Å². The molecule has 0 bridgehead atoms. The zero-order chi connectivity index (χ0) is 49.7. The van der Waals surface area contributed by atoms with Gasteiger partial charge < -0.3 is 9.47 Å². The molecule has 0 saturated carbocycles. The summed E-state index contributed by atoms with van der Waals surface area (Å²) in [6.45, 7) is 2.38. The van der Waals surface area contributed by atoms with Gasteiger partial charge in [0.2, 0.25) is 0 Å². The highest BCUT2D eigenvalue weighted by atomic mass is 28.2. The van der Waals surface area contributed by atoms with Gasteiger partial charge in [0.25, 0.3) is 0 Å². The van der Waals surface area contributed by atoms with Crippen LogP contribution in [0.25, 0.3) is 104 Å². The van der Waals surface area contributed by atoms with Gasteiger partial charge in [0.15, 0.2) is 0 Å². The van der Waals surface area contributed by atoms with Crippen LogP contribution in [0, 0.1) is 11.3 Å². The van der Waals surface area contributed by atoms with Crippen LogP contribution in [-0.4, -0.2) is 24.3 Å². The largest absolute Gasteiger partial charge is 0.309 e. The molecule has 0 aliphatic carbocycles. The van der Waals surface area contributed by atoms with Gasteiger partial charge in [-0.15, -0.1) is 0 Å². The Morgan fingerprint density at radius 2 is 1.07 bits per heavy atom. The average molecular weight is 978 g/mol. The third-order valence-electron chi connectivity index (χ3n) is 15.1. The minimum Gasteiger partial charge on any atom is -0.309 e. The van der Waals surface area contributed by atoms with E-state index in [1.165, 1.54) is 98.3 Å². The molecule has 0 saturated heterocycles. The van der Waals surface area contributed by atoms with Crippen LogP contribution < -0.4 is 10.1 Å². The normalized spacial score (nSPS) is 11.7. The molecule has 0 atom stereocenters. The second kappa shape index (κ2) is 18.8. The molecule has 1 heterocycles. The molecule has 0 aliphatic heterocycles. The molecule has 0 N–H and O–H groups in total. The van der Waals surface area contributed by atoms with E-state index in [0.717, 1.165) is 50.1 Å². The summed E-state index contributed by atoms with van der Waals surface area (Å²) in [5, 5.41) is 21.3. The number of fused-ring (bicyclic) bond motifs is 6. The predicted octanol–water partition coefficient (Wildman–Crippen LogP) is 16.0. The van der Waals surface area contributed by atoms with Gasteiger partial charge in [-0.05, 0) is 139 Å². The van der Waals surface area contributed by atoms with Crippen molar-refractivity contribution in [2.24, 2.45) is 0 Å². The lowest BCUT2D eigenvalue weighted by Gasteiger charge is -2.30. The Hall–Kier alpha value is -9.06. The van der Waals surface area contributed by atoms with Gasteiger partial charge in [-0.3, -0.25) is 0 Å². The van der Waals surface area contributed by atoms with Gasteiger partial charge >= 0.3 is 0 Å². The smallest absolute Gasteiger partial charge is 0.0991 e. The number of benzene rings is 12. The summed E-state index contributed by atoms with van der Waals surface area (Å²) < 4.78 is 2.44. The fourth-order valence-corrected chi connectivity index (χ4v) is 12.6. The van der Waals surface area contributed by atoms with Gasteiger partial charge in [0.05, 0.1) is 37.9 Å². The quantitative estimate of drug-likeness (QED) is 0.101. The van der Waals surface area contributed by atoms with Gasteiger partial charge in [-0.2, -0.15) is 5.26 Å². The molecular weight excluding hydrogens is 927 g/mol. The second-order valence-electron chi connectivity index (χ2n) is 19.3. The highest BCUT2D eigenvalue weighted by Gasteiger charge is 2.25. The Balaban J connectivity index is 1.05. The van der Waals surface area contributed by atoms with Crippen LogP contribution in [-0.2, 0) is 6.04 Å². The first kappa shape index (κ1) is 44.9. The monoisotopic (exact) mass is 977 g/mol. The molecule has 3 nitrogen and oxygen atoms in total. The molecule has 5 heteroatoms. The fraction of sp³-hybridized carbons (Fsp3) is 0.0290. The fourth-order valence-electron chi connectivity index (χ4n) is 11.4. The standard InChI is InChI=1S/C69H51N3Si2/c1-74-57-33-35-60-65(42-57)69(61-34-24-46(44-73)38-64(61)68(60)51-27-25-50(26-28-51)59-21-10-17-49-16-8-9-20-58(49)59)71(54-31-22-45(43-70)23-32-54)55-18-11-19-56(41-55)72-66-36-29-52(47-12-4-2-5-13-47)39-62(66)63-40-53(30-37-67(63)72)48-14-6-3-7-15-48/h2-42H,44,74H2,1,73H3. The van der Waals surface area contributed by atoms with Crippen molar-refractivity contribution in [2.45, 2.75) is 12.6 Å². The van der Waals surface area contributed by atoms with E-state index in [1.54, 1.807) is 0 Å². The van der Waals surface area contributed by atoms with Crippen molar-refractivity contribution in [3.05, 3.63) is 260 Å². The zero-order valence-corrected chi connectivity index (χ0v) is 44.8. The second-order valence-corrected chi connectivity index (χ2v) is 21.6. The molecular formula is C69H51N3Si2. The maximum Gasteiger partial charge on any atom is 0.0991 e. The lowest BCUT2D eigenvalue weighted by Crippen LogP contribution is -2.14. The number of anilines is 3. The molecule has 13 aromatic rings. The van der Waals surface area contributed by atoms with E-state index < -0.39 is 9.52 Å². The third-order valence-corrected chi connectivity index (χ3v) is 17.2. The highest BCUT2D eigenvalue weighted by Crippen LogP contribution is 2.49. The number of nitriles is 1. The minimum absolute atomic E-state index is 0.530. The van der Waals surface area contributed by atoms with Crippen molar-refractivity contribution < 1.29 is 0 Å². The third kappa shape index (κ3) is 7.80. The maximum atomic E-state index is 10.1. The molecule has 74 heavy (non-hydrogen) atoms. The summed E-state index contributed by atoms with van der Waals surface area (Å²) in [5.41, 5.74) is 18.2. The maximum absolute atomic E-state index is 10.1. The summed E-state index contributed by atoms with van der Waals surface area (Å²) in [4.78, 5) is 2.46. The van der Waals surface area contributed by atoms with Crippen LogP contribution in [0.4, 0.5) is 17.1 Å². The van der Waals surface area contributed by atoms with Crippen LogP contribution >= 0.6 is 0 Å². The Bertz CT molecular complexity index is 4220. The number of nitrogens with zero attached hydrogens (tertiary/aromatic N) is 3. The average Bonchev–Trinajstić information content (AvgIpc) is 3.80. The van der Waals surface area contributed by atoms with Gasteiger partial charge in [0.1, 0.15) is 0 Å². The van der Waals surface area contributed by atoms with Crippen molar-refractivity contribution in [2.75, 3.05) is 4.90 Å². The van der Waals surface area contributed by atoms with Gasteiger partial charge in [-0.25, -0.2) is 0 Å². The van der Waals surface area contributed by atoms with Crippen LogP contribution in [0.5, 0.6) is 0 Å². The zero-order valence-electron chi connectivity index (χ0n) is 41.4. The van der Waals surface area contributed by atoms with Crippen molar-refractivity contribution >= 4 is 96.1 Å². The number of hydrogen-bond donors (Lipinski definition) is 0. The summed E-state index contributed by atoms with van der Waals surface area (Å²) >= 11 is 0. The molecule has 0 amide bonds. The van der Waals surface area contributed by atoms with E-state index in [1.807, 2.05) is 12.1 Å². The molecule has 0 fully saturated rings. The molecule has 13 rings (SSSR count). The van der Waals surface area contributed by atoms with E-state index in [0.29, 0.717) is 5.56 Å². The summed E-state index contributed by atoms with van der Waals surface area (Å²) in [6.07, 6.45) is 0. The molecule has 0 radical (unpaired) electrons. The Labute approximate surface area is 437 Å². The first-order valence-corrected chi connectivity index (χ1v) is 29.3. The van der Waals surface area contributed by atoms with Crippen LogP contribution in [0.2, 0.25) is 6.55 Å². The topological polar surface area (TPSA) is 32.0 Å². The predicted molar refractivity (Wildman–Crippen MR) is 322 cm³/mol. The molecule has 1 aromatic heterocycles. The van der Waals surface area contributed by atoms with E-state index in [4.69, 9.17) is 0 Å². The first-order chi connectivity index (χ1) is 36.5. The van der Waals surface area contributed by atoms with Crippen LogP contribution in [0.3, 0.4) is 0 Å². The highest BCUT2D eigenvalue weighted by molar-refractivity contribution is 6.52. The molecule has 0 unspecified atom stereocenters. The lowest BCUT2D eigenvalue weighted by molar-refractivity contribution is 1.17. The molecule has 350 valence electrons. The van der Waals surface area contributed by atoms with Crippen molar-refractivity contribution in [1.82, 2.24) is 4.57 Å². The Morgan fingerprint density at radius 1 is 0.446 bits per heavy atom. The van der Waals surface area contributed by atoms with E-state index in [9.17, 15) is 5.26 Å². The van der Waals surface area contributed by atoms with Crippen molar-refractivity contribution in [3.8, 4) is 56.3 Å². The molecule has 0 aliphatic rings. The molecule has 0 spiro atoms. The Morgan fingerprint density at radius 3 is 1.74 bits per heavy atom. The Kier molecular flexibility index (Phi) is 11.4. The SMILES string of the molecule is C[SiH2]c1ccc2c(-c3ccc(-c4cccc5ccccc45)cc3)c3cc(C[SiH3])ccc3c(N(c3ccc(C#N)cc3)c3cccc(-n4c5ccc(-c6ccccc6)cc5c5cc(-c6ccccc6)ccc54)c3)c2c1. The number of aromatic nitrogens is 1. The van der Waals surface area contributed by atoms with E-state index in [2.05, 4.69) is 259 Å². The van der Waals surface area contributed by atoms with Gasteiger partial charge in [-0.1, -0.05) is 199 Å². The van der Waals surface area contributed by atoms with Crippen LogP contribution in [0.1, 0.15) is 11.1 Å². The molecule has 12 aromatic carbocycles. The summed E-state index contributed by atoms with van der Waals surface area (Å²) in [7, 11) is 0.531. The number of rotatable bonds is 10. The number of hydrogen-bond acceptors (Lipinski definition) is 2. The van der Waals surface area contributed by atoms with Crippen molar-refractivity contribution in [1.29, 1.82) is 5.26 Å². The van der Waals surface area contributed by atoms with Crippen LogP contribution in [0.15, 0.2) is 249 Å². The summed E-state index contributed by atoms with van der Waals surface area (Å²) in [5.74, 6) is 0. The lowest BCUT2D eigenvalue weighted by atomic mass is 9.88. The van der Waals surface area contributed by atoms with Gasteiger partial charge in [0, 0.05) is 48.8 Å².